The number of nitrogens with zero attached hydrogens (tertiary/aromatic N) is 2. The Balaban J connectivity index is 1.75. The van der Waals surface area contributed by atoms with Crippen LogP contribution in [0.2, 0.25) is 5.02 Å². The molecule has 0 saturated carbocycles. The van der Waals surface area contributed by atoms with Crippen molar-refractivity contribution in [3.8, 4) is 6.07 Å². The van der Waals surface area contributed by atoms with Crippen molar-refractivity contribution in [3.05, 3.63) is 98.2 Å². The van der Waals surface area contributed by atoms with Gasteiger partial charge in [0, 0.05) is 15.7 Å². The molecule has 0 unspecified atom stereocenters. The van der Waals surface area contributed by atoms with Gasteiger partial charge in [0.05, 0.1) is 30.0 Å². The van der Waals surface area contributed by atoms with Crippen LogP contribution in [0.3, 0.4) is 0 Å². The number of nitrogens with one attached hydrogen (secondary N) is 1. The van der Waals surface area contributed by atoms with E-state index >= 15 is 0 Å². The lowest BCUT2D eigenvalue weighted by molar-refractivity contribution is 0.0107. The lowest BCUT2D eigenvalue weighted by Crippen LogP contribution is -2.23. The third-order valence-electron chi connectivity index (χ3n) is 4.10. The van der Waals surface area contributed by atoms with Crippen LogP contribution >= 0.6 is 27.5 Å². The monoisotopic (exact) mass is 441 g/mol. The Morgan fingerprint density at radius 2 is 1.96 bits per heavy atom. The molecule has 0 amide bonds. The molecule has 3 aromatic rings. The zero-order valence-corrected chi connectivity index (χ0v) is 17.0. The lowest BCUT2D eigenvalue weighted by Gasteiger charge is -2.19. The molecule has 2 aromatic carbocycles. The second-order valence-electron chi connectivity index (χ2n) is 6.05. The molecule has 0 fully saturated rings. The molecule has 0 bridgehead atoms. The standard InChI is InChI=1S/C21H17BrClN3O/c1-14-10-15(2-3-17(14)11-24)13-27-26-21(16-4-7-19(23)8-5-16)20-9-6-18(22)12-25-20/h2-10,12,21,26H,13H2,1H3/t21-/m1/s1. The summed E-state index contributed by atoms with van der Waals surface area (Å²) in [6.45, 7) is 2.28. The largest absolute Gasteiger partial charge is 0.296 e. The van der Waals surface area contributed by atoms with Crippen molar-refractivity contribution in [1.29, 1.82) is 5.26 Å². The summed E-state index contributed by atoms with van der Waals surface area (Å²) in [6, 6.07) is 19.0. The van der Waals surface area contributed by atoms with Crippen molar-refractivity contribution < 1.29 is 4.84 Å². The molecule has 1 heterocycles. The molecule has 0 spiro atoms. The number of pyridine rings is 1. The number of halogens is 2. The fourth-order valence-corrected chi connectivity index (χ4v) is 3.02. The number of hydroxylamine groups is 1. The van der Waals surface area contributed by atoms with Gasteiger partial charge in [-0.2, -0.15) is 10.7 Å². The van der Waals surface area contributed by atoms with Gasteiger partial charge in [0.2, 0.25) is 0 Å². The number of benzene rings is 2. The molecule has 0 radical (unpaired) electrons. The summed E-state index contributed by atoms with van der Waals surface area (Å²) < 4.78 is 0.912. The summed E-state index contributed by atoms with van der Waals surface area (Å²) in [7, 11) is 0. The smallest absolute Gasteiger partial charge is 0.0994 e. The van der Waals surface area contributed by atoms with Crippen LogP contribution < -0.4 is 5.48 Å². The summed E-state index contributed by atoms with van der Waals surface area (Å²) in [5.41, 5.74) is 7.51. The van der Waals surface area contributed by atoms with Gasteiger partial charge in [0.15, 0.2) is 0 Å². The van der Waals surface area contributed by atoms with Gasteiger partial charge < -0.3 is 0 Å². The van der Waals surface area contributed by atoms with Crippen molar-refractivity contribution >= 4 is 27.5 Å². The van der Waals surface area contributed by atoms with Gasteiger partial charge in [-0.25, -0.2) is 0 Å². The molecule has 0 aliphatic rings. The number of aromatic nitrogens is 1. The summed E-state index contributed by atoms with van der Waals surface area (Å²) in [5.74, 6) is 0. The summed E-state index contributed by atoms with van der Waals surface area (Å²) in [4.78, 5) is 10.2. The fourth-order valence-electron chi connectivity index (χ4n) is 2.66. The number of aryl methyl sites for hydroxylation is 1. The molecule has 0 aliphatic heterocycles. The third-order valence-corrected chi connectivity index (χ3v) is 4.82. The minimum atomic E-state index is -0.241. The first-order chi connectivity index (χ1) is 13.1. The van der Waals surface area contributed by atoms with Crippen LogP contribution in [0.25, 0.3) is 0 Å². The quantitative estimate of drug-likeness (QED) is 0.513. The molecule has 1 aromatic heterocycles. The van der Waals surface area contributed by atoms with Crippen LogP contribution in [0.15, 0.2) is 65.3 Å². The normalized spacial score (nSPS) is 11.8. The molecule has 1 N–H and O–H groups in total. The SMILES string of the molecule is Cc1cc(CON[C@H](c2ccc(Cl)cc2)c2ccc(Br)cn2)ccc1C#N. The van der Waals surface area contributed by atoms with Crippen LogP contribution in [0.1, 0.15) is 34.0 Å². The second kappa shape index (κ2) is 9.12. The van der Waals surface area contributed by atoms with Crippen molar-refractivity contribution in [3.63, 3.8) is 0 Å². The molecular formula is C21H17BrClN3O. The van der Waals surface area contributed by atoms with Crippen LogP contribution in [-0.2, 0) is 11.4 Å². The Kier molecular flexibility index (Phi) is 6.59. The lowest BCUT2D eigenvalue weighted by atomic mass is 10.0. The highest BCUT2D eigenvalue weighted by molar-refractivity contribution is 9.10. The first-order valence-corrected chi connectivity index (χ1v) is 9.48. The molecule has 0 saturated heterocycles. The summed E-state index contributed by atoms with van der Waals surface area (Å²) in [5, 5.41) is 9.71. The molecule has 27 heavy (non-hydrogen) atoms. The molecule has 0 aliphatic carbocycles. The maximum atomic E-state index is 9.04. The van der Waals surface area contributed by atoms with E-state index in [9.17, 15) is 0 Å². The molecule has 6 heteroatoms. The predicted octanol–water partition coefficient (Wildman–Crippen LogP) is 5.49. The van der Waals surface area contributed by atoms with Crippen LogP contribution in [0.4, 0.5) is 0 Å². The second-order valence-corrected chi connectivity index (χ2v) is 7.41. The topological polar surface area (TPSA) is 57.9 Å². The number of rotatable bonds is 6. The molecule has 136 valence electrons. The van der Waals surface area contributed by atoms with Gasteiger partial charge in [0.1, 0.15) is 0 Å². The van der Waals surface area contributed by atoms with Gasteiger partial charge in [0.25, 0.3) is 0 Å². The first kappa shape index (κ1) is 19.5. The van der Waals surface area contributed by atoms with Gasteiger partial charge in [-0.05, 0) is 69.9 Å². The van der Waals surface area contributed by atoms with Crippen LogP contribution in [-0.4, -0.2) is 4.98 Å². The van der Waals surface area contributed by atoms with Crippen molar-refractivity contribution in [2.45, 2.75) is 19.6 Å². The third kappa shape index (κ3) is 5.15. The maximum absolute atomic E-state index is 9.04. The number of hydrogen-bond donors (Lipinski definition) is 1. The van der Waals surface area contributed by atoms with E-state index in [1.54, 1.807) is 12.3 Å². The molecule has 3 rings (SSSR count). The highest BCUT2D eigenvalue weighted by Gasteiger charge is 2.16. The predicted molar refractivity (Wildman–Crippen MR) is 109 cm³/mol. The Hall–Kier alpha value is -2.23. The van der Waals surface area contributed by atoms with E-state index < -0.39 is 0 Å². The average Bonchev–Trinajstić information content (AvgIpc) is 2.67. The molecule has 1 atom stereocenters. The van der Waals surface area contributed by atoms with Gasteiger partial charge in [-0.1, -0.05) is 35.9 Å². The Morgan fingerprint density at radius 3 is 2.59 bits per heavy atom. The average molecular weight is 443 g/mol. The number of hydrogen-bond acceptors (Lipinski definition) is 4. The Labute approximate surface area is 171 Å². The zero-order valence-electron chi connectivity index (χ0n) is 14.6. The van der Waals surface area contributed by atoms with E-state index in [2.05, 4.69) is 32.5 Å². The van der Waals surface area contributed by atoms with E-state index in [-0.39, 0.29) is 6.04 Å². The number of nitriles is 1. The zero-order chi connectivity index (χ0) is 19.2. The van der Waals surface area contributed by atoms with E-state index in [1.807, 2.05) is 55.5 Å². The van der Waals surface area contributed by atoms with Crippen molar-refractivity contribution in [2.24, 2.45) is 0 Å². The van der Waals surface area contributed by atoms with Crippen LogP contribution in [0.5, 0.6) is 0 Å². The summed E-state index contributed by atoms with van der Waals surface area (Å²) >= 11 is 9.42. The van der Waals surface area contributed by atoms with Gasteiger partial charge in [-0.15, -0.1) is 0 Å². The highest BCUT2D eigenvalue weighted by atomic mass is 79.9. The molecule has 4 nitrogen and oxygen atoms in total. The van der Waals surface area contributed by atoms with E-state index in [0.29, 0.717) is 17.2 Å². The van der Waals surface area contributed by atoms with Crippen molar-refractivity contribution in [1.82, 2.24) is 10.5 Å². The Morgan fingerprint density at radius 1 is 1.19 bits per heavy atom. The van der Waals surface area contributed by atoms with Crippen molar-refractivity contribution in [2.75, 3.05) is 0 Å². The van der Waals surface area contributed by atoms with Gasteiger partial charge >= 0.3 is 0 Å². The molecular weight excluding hydrogens is 426 g/mol. The fraction of sp³-hybridized carbons (Fsp3) is 0.143. The van der Waals surface area contributed by atoms with Crippen LogP contribution in [0, 0.1) is 18.3 Å². The summed E-state index contributed by atoms with van der Waals surface area (Å²) in [6.07, 6.45) is 1.75. The minimum Gasteiger partial charge on any atom is -0.296 e. The van der Waals surface area contributed by atoms with E-state index in [4.69, 9.17) is 21.7 Å². The van der Waals surface area contributed by atoms with Gasteiger partial charge in [-0.3, -0.25) is 9.82 Å². The maximum Gasteiger partial charge on any atom is 0.0994 e. The van der Waals surface area contributed by atoms with E-state index in [1.165, 1.54) is 0 Å². The highest BCUT2D eigenvalue weighted by Crippen LogP contribution is 2.23. The van der Waals surface area contributed by atoms with E-state index in [0.717, 1.165) is 26.9 Å². The Bertz CT molecular complexity index is 907. The first-order valence-electron chi connectivity index (χ1n) is 8.30. The minimum absolute atomic E-state index is 0.241.